The molecule has 21 heavy (non-hydrogen) atoms. The van der Waals surface area contributed by atoms with Crippen molar-refractivity contribution in [3.8, 4) is 5.75 Å². The van der Waals surface area contributed by atoms with E-state index in [9.17, 15) is 9.59 Å². The van der Waals surface area contributed by atoms with Crippen LogP contribution in [0.1, 0.15) is 6.42 Å². The Morgan fingerprint density at radius 2 is 1.95 bits per heavy atom. The molecule has 0 saturated carbocycles. The fourth-order valence-electron chi connectivity index (χ4n) is 1.60. The number of hydrogen-bond acceptors (Lipinski definition) is 4. The first kappa shape index (κ1) is 17.0. The van der Waals surface area contributed by atoms with Crippen molar-refractivity contribution in [3.05, 3.63) is 30.3 Å². The van der Waals surface area contributed by atoms with Gasteiger partial charge in [0.1, 0.15) is 5.75 Å². The van der Waals surface area contributed by atoms with Gasteiger partial charge in [-0.2, -0.15) is 0 Å². The van der Waals surface area contributed by atoms with Crippen LogP contribution in [0.25, 0.3) is 0 Å². The zero-order chi connectivity index (χ0) is 15.5. The van der Waals surface area contributed by atoms with Crippen molar-refractivity contribution in [1.29, 1.82) is 0 Å². The molecule has 0 aromatic heterocycles. The lowest BCUT2D eigenvalue weighted by Gasteiger charge is -2.17. The minimum Gasteiger partial charge on any atom is -0.484 e. The summed E-state index contributed by atoms with van der Waals surface area (Å²) in [7, 11) is 3.32. The van der Waals surface area contributed by atoms with Gasteiger partial charge < -0.3 is 19.7 Å². The normalized spacial score (nSPS) is 10.0. The highest BCUT2D eigenvalue weighted by molar-refractivity contribution is 5.85. The number of nitrogens with zero attached hydrogens (tertiary/aromatic N) is 1. The molecule has 0 unspecified atom stereocenters. The van der Waals surface area contributed by atoms with Gasteiger partial charge in [0.05, 0.1) is 6.54 Å². The molecule has 0 radical (unpaired) electrons. The van der Waals surface area contributed by atoms with E-state index in [1.807, 2.05) is 18.2 Å². The van der Waals surface area contributed by atoms with Crippen molar-refractivity contribution >= 4 is 11.8 Å². The third-order valence-electron chi connectivity index (χ3n) is 2.82. The number of carbonyl (C=O) groups excluding carboxylic acids is 2. The summed E-state index contributed by atoms with van der Waals surface area (Å²) in [6, 6.07) is 9.05. The maximum Gasteiger partial charge on any atom is 0.258 e. The minimum atomic E-state index is -0.322. The molecule has 116 valence electrons. The molecule has 6 nitrogen and oxygen atoms in total. The standard InChI is InChI=1S/C15H22N2O4/c1-17(9-6-10-20-2)15(19)11-16-14(18)12-21-13-7-4-3-5-8-13/h3-5,7-8H,6,9-12H2,1-2H3,(H,16,18). The molecule has 1 aromatic carbocycles. The van der Waals surface area contributed by atoms with Gasteiger partial charge in [-0.05, 0) is 18.6 Å². The van der Waals surface area contributed by atoms with E-state index in [4.69, 9.17) is 9.47 Å². The molecule has 0 aliphatic rings. The topological polar surface area (TPSA) is 67.9 Å². The molecule has 0 bridgehead atoms. The van der Waals surface area contributed by atoms with Crippen molar-refractivity contribution in [2.45, 2.75) is 6.42 Å². The Morgan fingerprint density at radius 1 is 1.24 bits per heavy atom. The van der Waals surface area contributed by atoms with Crippen LogP contribution in [-0.4, -0.2) is 57.2 Å². The van der Waals surface area contributed by atoms with Crippen LogP contribution in [0, 0.1) is 0 Å². The number of likely N-dealkylation sites (N-methyl/N-ethyl adjacent to an activating group) is 1. The van der Waals surface area contributed by atoms with Crippen molar-refractivity contribution in [2.24, 2.45) is 0 Å². The van der Waals surface area contributed by atoms with Gasteiger partial charge in [0.2, 0.25) is 5.91 Å². The fraction of sp³-hybridized carbons (Fsp3) is 0.467. The van der Waals surface area contributed by atoms with Crippen LogP contribution in [0.4, 0.5) is 0 Å². The SMILES string of the molecule is COCCCN(C)C(=O)CNC(=O)COc1ccccc1. The number of benzene rings is 1. The number of methoxy groups -OCH3 is 1. The summed E-state index contributed by atoms with van der Waals surface area (Å²) in [6.45, 7) is 1.07. The highest BCUT2D eigenvalue weighted by Crippen LogP contribution is 2.07. The van der Waals surface area contributed by atoms with E-state index in [0.29, 0.717) is 18.9 Å². The first-order chi connectivity index (χ1) is 10.1. The average molecular weight is 294 g/mol. The van der Waals surface area contributed by atoms with Gasteiger partial charge in [-0.3, -0.25) is 9.59 Å². The Kier molecular flexibility index (Phi) is 7.89. The first-order valence-corrected chi connectivity index (χ1v) is 6.81. The van der Waals surface area contributed by atoms with Crippen LogP contribution in [0.3, 0.4) is 0 Å². The van der Waals surface area contributed by atoms with E-state index in [1.165, 1.54) is 0 Å². The third kappa shape index (κ3) is 7.31. The van der Waals surface area contributed by atoms with Gasteiger partial charge in [0.25, 0.3) is 5.91 Å². The monoisotopic (exact) mass is 294 g/mol. The predicted octanol–water partition coefficient (Wildman–Crippen LogP) is 0.677. The van der Waals surface area contributed by atoms with Crippen LogP contribution < -0.4 is 10.1 Å². The second-order valence-corrected chi connectivity index (χ2v) is 4.54. The van der Waals surface area contributed by atoms with Crippen LogP contribution in [-0.2, 0) is 14.3 Å². The van der Waals surface area contributed by atoms with Crippen LogP contribution in [0.5, 0.6) is 5.75 Å². The second-order valence-electron chi connectivity index (χ2n) is 4.54. The summed E-state index contributed by atoms with van der Waals surface area (Å²) in [5.41, 5.74) is 0. The van der Waals surface area contributed by atoms with Crippen LogP contribution in [0.15, 0.2) is 30.3 Å². The molecule has 0 spiro atoms. The number of ether oxygens (including phenoxy) is 2. The Morgan fingerprint density at radius 3 is 2.62 bits per heavy atom. The lowest BCUT2D eigenvalue weighted by Crippen LogP contribution is -2.40. The molecule has 1 rings (SSSR count). The number of para-hydroxylation sites is 1. The maximum absolute atomic E-state index is 11.7. The van der Waals surface area contributed by atoms with E-state index >= 15 is 0 Å². The third-order valence-corrected chi connectivity index (χ3v) is 2.82. The predicted molar refractivity (Wildman–Crippen MR) is 79.1 cm³/mol. The van der Waals surface area contributed by atoms with Crippen molar-refractivity contribution in [2.75, 3.05) is 40.5 Å². The number of hydrogen-bond donors (Lipinski definition) is 1. The molecule has 0 saturated heterocycles. The van der Waals surface area contributed by atoms with Crippen LogP contribution >= 0.6 is 0 Å². The smallest absolute Gasteiger partial charge is 0.258 e. The molecule has 1 aromatic rings. The second kappa shape index (κ2) is 9.77. The maximum atomic E-state index is 11.7. The Labute approximate surface area is 125 Å². The molecule has 6 heteroatoms. The summed E-state index contributed by atoms with van der Waals surface area (Å²) < 4.78 is 10.2. The number of rotatable bonds is 9. The lowest BCUT2D eigenvalue weighted by molar-refractivity contribution is -0.132. The fourth-order valence-corrected chi connectivity index (χ4v) is 1.60. The quantitative estimate of drug-likeness (QED) is 0.680. The van der Waals surface area contributed by atoms with Gasteiger partial charge in [0, 0.05) is 27.3 Å². The summed E-state index contributed by atoms with van der Waals surface area (Å²) in [4.78, 5) is 24.9. The highest BCUT2D eigenvalue weighted by Gasteiger charge is 2.10. The van der Waals surface area contributed by atoms with Gasteiger partial charge in [0.15, 0.2) is 6.61 Å². The largest absolute Gasteiger partial charge is 0.484 e. The summed E-state index contributed by atoms with van der Waals surface area (Å²) >= 11 is 0. The minimum absolute atomic E-state index is 0.0273. The zero-order valence-electron chi connectivity index (χ0n) is 12.5. The lowest BCUT2D eigenvalue weighted by atomic mass is 10.3. The zero-order valence-corrected chi connectivity index (χ0v) is 12.5. The average Bonchev–Trinajstić information content (AvgIpc) is 2.51. The highest BCUT2D eigenvalue weighted by atomic mass is 16.5. The van der Waals surface area contributed by atoms with E-state index in [-0.39, 0.29) is 25.0 Å². The van der Waals surface area contributed by atoms with E-state index < -0.39 is 0 Å². The number of amides is 2. The van der Waals surface area contributed by atoms with Gasteiger partial charge >= 0.3 is 0 Å². The van der Waals surface area contributed by atoms with Gasteiger partial charge in [-0.25, -0.2) is 0 Å². The van der Waals surface area contributed by atoms with E-state index in [2.05, 4.69) is 5.32 Å². The van der Waals surface area contributed by atoms with Gasteiger partial charge in [-0.15, -0.1) is 0 Å². The number of nitrogens with one attached hydrogen (secondary N) is 1. The Balaban J connectivity index is 2.18. The molecule has 2 amide bonds. The van der Waals surface area contributed by atoms with Gasteiger partial charge in [-0.1, -0.05) is 18.2 Å². The summed E-state index contributed by atoms with van der Waals surface area (Å²) in [5, 5.41) is 2.54. The molecule has 0 fully saturated rings. The molecule has 0 heterocycles. The van der Waals surface area contributed by atoms with Crippen LogP contribution in [0.2, 0.25) is 0 Å². The van der Waals surface area contributed by atoms with Crippen molar-refractivity contribution in [1.82, 2.24) is 10.2 Å². The van der Waals surface area contributed by atoms with Crippen molar-refractivity contribution < 1.29 is 19.1 Å². The summed E-state index contributed by atoms with van der Waals surface area (Å²) in [5.74, 6) is 0.160. The molecule has 1 N–H and O–H groups in total. The number of carbonyl (C=O) groups is 2. The molecular formula is C15H22N2O4. The van der Waals surface area contributed by atoms with Crippen molar-refractivity contribution in [3.63, 3.8) is 0 Å². The molecule has 0 atom stereocenters. The summed E-state index contributed by atoms with van der Waals surface area (Å²) in [6.07, 6.45) is 0.768. The Bertz CT molecular complexity index is 437. The van der Waals surface area contributed by atoms with E-state index in [1.54, 1.807) is 31.2 Å². The Hall–Kier alpha value is -2.08. The molecule has 0 aliphatic carbocycles. The molecular weight excluding hydrogens is 272 g/mol. The first-order valence-electron chi connectivity index (χ1n) is 6.81. The van der Waals surface area contributed by atoms with E-state index in [0.717, 1.165) is 6.42 Å². The molecule has 0 aliphatic heterocycles.